The van der Waals surface area contributed by atoms with Gasteiger partial charge in [0.2, 0.25) is 0 Å². The van der Waals surface area contributed by atoms with Crippen molar-refractivity contribution >= 4 is 49.6 Å². The van der Waals surface area contributed by atoms with E-state index in [9.17, 15) is 0 Å². The first kappa shape index (κ1) is 34.6. The van der Waals surface area contributed by atoms with Crippen molar-refractivity contribution in [3.05, 3.63) is 194 Å². The second kappa shape index (κ2) is 13.6. The monoisotopic (exact) mass is 760 g/mol. The molecule has 0 saturated heterocycles. The smallest absolute Gasteiger partial charge is 0.0547 e. The molecule has 5 atom stereocenters. The maximum absolute atomic E-state index is 2.51. The lowest BCUT2D eigenvalue weighted by molar-refractivity contribution is 0.0780. The van der Waals surface area contributed by atoms with E-state index in [4.69, 9.17) is 0 Å². The Bertz CT molecular complexity index is 2990. The lowest BCUT2D eigenvalue weighted by atomic mass is 9.63. The lowest BCUT2D eigenvalue weighted by Crippen LogP contribution is -2.34. The quantitative estimate of drug-likeness (QED) is 0.157. The topological polar surface area (TPSA) is 8.17 Å². The number of nitrogens with zero attached hydrogens (tertiary/aromatic N) is 2. The Morgan fingerprint density at radius 3 is 1.81 bits per heavy atom. The molecular formula is C57H48N2. The maximum atomic E-state index is 2.51. The van der Waals surface area contributed by atoms with Gasteiger partial charge in [-0.1, -0.05) is 128 Å². The fraction of sp³-hybridized carbons (Fsp3) is 0.193. The summed E-state index contributed by atoms with van der Waals surface area (Å²) in [5, 5.41) is 5.09. The zero-order valence-electron chi connectivity index (χ0n) is 33.6. The molecule has 1 aromatic heterocycles. The van der Waals surface area contributed by atoms with Crippen LogP contribution in [-0.4, -0.2) is 4.57 Å². The minimum Gasteiger partial charge on any atom is -0.311 e. The molecule has 286 valence electrons. The molecule has 8 aromatic carbocycles. The molecule has 0 N–H and O–H groups in total. The Morgan fingerprint density at radius 1 is 0.458 bits per heavy atom. The zero-order chi connectivity index (χ0) is 39.1. The number of rotatable bonds is 7. The summed E-state index contributed by atoms with van der Waals surface area (Å²) in [5.41, 5.74) is 13.9. The first-order valence-corrected chi connectivity index (χ1v) is 21.8. The lowest BCUT2D eigenvalue weighted by Gasteiger charge is -2.42. The molecule has 3 saturated carbocycles. The third-order valence-electron chi connectivity index (χ3n) is 14.6. The average molecular weight is 761 g/mol. The molecule has 2 bridgehead atoms. The van der Waals surface area contributed by atoms with Crippen LogP contribution in [0.4, 0.5) is 17.1 Å². The van der Waals surface area contributed by atoms with Crippen LogP contribution in [0.15, 0.2) is 188 Å². The van der Waals surface area contributed by atoms with Crippen LogP contribution >= 0.6 is 0 Å². The van der Waals surface area contributed by atoms with Crippen LogP contribution < -0.4 is 4.90 Å². The summed E-state index contributed by atoms with van der Waals surface area (Å²) in [5.74, 6) is 3.70. The highest BCUT2D eigenvalue weighted by Gasteiger charge is 2.57. The van der Waals surface area contributed by atoms with Crippen molar-refractivity contribution in [1.82, 2.24) is 4.57 Å². The van der Waals surface area contributed by atoms with Crippen LogP contribution in [0.25, 0.3) is 60.5 Å². The van der Waals surface area contributed by atoms with E-state index in [1.807, 2.05) is 0 Å². The highest BCUT2D eigenvalue weighted by molar-refractivity contribution is 6.13. The maximum Gasteiger partial charge on any atom is 0.0547 e. The molecule has 3 fully saturated rings. The molecule has 0 aliphatic heterocycles. The van der Waals surface area contributed by atoms with Gasteiger partial charge in [-0.3, -0.25) is 0 Å². The standard InChI is InChI=1S/C57H48N2/c1-38-30-45-31-46-36-57(35-38,37-54(45)46)47-22-28-50(29-23-47)58(48-24-18-40(19-25-48)39-10-3-2-4-11-39)49-26-20-41(21-27-49)42-14-9-15-51(32-42)59-55-17-8-7-16-52(55)53-33-43-12-5-6-13-44(43)34-56(53)59/h2-29,32-34,38,45-46,54H,30-31,35-37H2,1H3/t38-,45-,46-,54?,57?/m0/s1. The Morgan fingerprint density at radius 2 is 1.07 bits per heavy atom. The summed E-state index contributed by atoms with van der Waals surface area (Å²) in [7, 11) is 0. The molecule has 2 heteroatoms. The van der Waals surface area contributed by atoms with Gasteiger partial charge in [0.15, 0.2) is 0 Å². The van der Waals surface area contributed by atoms with Crippen molar-refractivity contribution in [2.24, 2.45) is 23.7 Å². The van der Waals surface area contributed by atoms with Crippen LogP contribution in [0.3, 0.4) is 0 Å². The first-order chi connectivity index (χ1) is 29.1. The average Bonchev–Trinajstić information content (AvgIpc) is 3.72. The highest BCUT2D eigenvalue weighted by atomic mass is 15.1. The number of aromatic nitrogens is 1. The molecule has 59 heavy (non-hydrogen) atoms. The van der Waals surface area contributed by atoms with Crippen molar-refractivity contribution in [2.75, 3.05) is 4.90 Å². The summed E-state index contributed by atoms with van der Waals surface area (Å²) < 4.78 is 2.43. The summed E-state index contributed by atoms with van der Waals surface area (Å²) in [6.45, 7) is 2.51. The molecule has 2 unspecified atom stereocenters. The molecule has 1 heterocycles. The molecule has 3 aliphatic carbocycles. The number of para-hydroxylation sites is 1. The van der Waals surface area contributed by atoms with Crippen LogP contribution in [0, 0.1) is 23.7 Å². The zero-order valence-corrected chi connectivity index (χ0v) is 33.6. The molecule has 2 nitrogen and oxygen atoms in total. The number of hydrogen-bond donors (Lipinski definition) is 0. The Hall–Kier alpha value is -6.38. The molecule has 3 aliphatic rings. The molecule has 0 radical (unpaired) electrons. The summed E-state index contributed by atoms with van der Waals surface area (Å²) in [6.07, 6.45) is 7.04. The van der Waals surface area contributed by atoms with Crippen molar-refractivity contribution in [1.29, 1.82) is 0 Å². The van der Waals surface area contributed by atoms with Crippen molar-refractivity contribution in [3.63, 3.8) is 0 Å². The predicted molar refractivity (Wildman–Crippen MR) is 248 cm³/mol. The second-order valence-corrected chi connectivity index (χ2v) is 18.1. The van der Waals surface area contributed by atoms with Crippen LogP contribution in [-0.2, 0) is 5.41 Å². The number of benzene rings is 8. The van der Waals surface area contributed by atoms with E-state index in [0.29, 0.717) is 5.41 Å². The van der Waals surface area contributed by atoms with Gasteiger partial charge in [-0.15, -0.1) is 0 Å². The number of hydrogen-bond acceptors (Lipinski definition) is 1. The van der Waals surface area contributed by atoms with Gasteiger partial charge in [-0.2, -0.15) is 0 Å². The third kappa shape index (κ3) is 5.75. The Labute approximate surface area is 347 Å². The minimum atomic E-state index is 0.351. The molecule has 0 amide bonds. The molecule has 12 rings (SSSR count). The van der Waals surface area contributed by atoms with Gasteiger partial charge in [0.25, 0.3) is 0 Å². The highest BCUT2D eigenvalue weighted by Crippen LogP contribution is 2.65. The fourth-order valence-electron chi connectivity index (χ4n) is 12.0. The first-order valence-electron chi connectivity index (χ1n) is 21.8. The van der Waals surface area contributed by atoms with Gasteiger partial charge >= 0.3 is 0 Å². The van der Waals surface area contributed by atoms with E-state index in [0.717, 1.165) is 35.0 Å². The second-order valence-electron chi connectivity index (χ2n) is 18.1. The van der Waals surface area contributed by atoms with Crippen molar-refractivity contribution in [2.45, 2.75) is 44.4 Å². The molecule has 9 aromatic rings. The van der Waals surface area contributed by atoms with Gasteiger partial charge in [0.05, 0.1) is 11.0 Å². The van der Waals surface area contributed by atoms with Crippen molar-refractivity contribution in [3.8, 4) is 27.9 Å². The Kier molecular flexibility index (Phi) is 7.99. The summed E-state index contributed by atoms with van der Waals surface area (Å²) in [6, 6.07) is 70.0. The third-order valence-corrected chi connectivity index (χ3v) is 14.6. The van der Waals surface area contributed by atoms with Crippen LogP contribution in [0.5, 0.6) is 0 Å². The normalized spacial score (nSPS) is 22.1. The molecular weight excluding hydrogens is 713 g/mol. The number of anilines is 3. The van der Waals surface area contributed by atoms with Gasteiger partial charge in [-0.05, 0) is 167 Å². The minimum absolute atomic E-state index is 0.351. The Balaban J connectivity index is 0.913. The van der Waals surface area contributed by atoms with Gasteiger partial charge in [-0.25, -0.2) is 0 Å². The summed E-state index contributed by atoms with van der Waals surface area (Å²) in [4.78, 5) is 2.43. The van der Waals surface area contributed by atoms with E-state index >= 15 is 0 Å². The van der Waals surface area contributed by atoms with E-state index in [2.05, 4.69) is 204 Å². The van der Waals surface area contributed by atoms with Gasteiger partial charge in [0, 0.05) is 33.5 Å². The SMILES string of the molecule is C[C@H]1C[C@H]2C[C@H]3CC(c4ccc(N(c5ccc(-c6ccccc6)cc5)c5ccc(-c6cccc(-n7c8ccccc8c8cc9ccccc9cc87)c6)cc5)cc4)(CC23)C1. The largest absolute Gasteiger partial charge is 0.311 e. The van der Waals surface area contributed by atoms with Gasteiger partial charge in [0.1, 0.15) is 0 Å². The van der Waals surface area contributed by atoms with Gasteiger partial charge < -0.3 is 9.47 Å². The van der Waals surface area contributed by atoms with Crippen LogP contribution in [0.2, 0.25) is 0 Å². The summed E-state index contributed by atoms with van der Waals surface area (Å²) >= 11 is 0. The van der Waals surface area contributed by atoms with E-state index in [1.54, 1.807) is 5.56 Å². The fourth-order valence-corrected chi connectivity index (χ4v) is 12.0. The van der Waals surface area contributed by atoms with Crippen LogP contribution in [0.1, 0.15) is 44.6 Å². The van der Waals surface area contributed by atoms with Crippen molar-refractivity contribution < 1.29 is 0 Å². The predicted octanol–water partition coefficient (Wildman–Crippen LogP) is 15.5. The van der Waals surface area contributed by atoms with E-state index < -0.39 is 0 Å². The number of fused-ring (bicyclic) bond motifs is 5. The van der Waals surface area contributed by atoms with E-state index in [-0.39, 0.29) is 0 Å². The molecule has 0 spiro atoms. The van der Waals surface area contributed by atoms with E-state index in [1.165, 1.54) is 98.3 Å².